The highest BCUT2D eigenvalue weighted by Crippen LogP contribution is 2.30. The van der Waals surface area contributed by atoms with Crippen molar-refractivity contribution in [2.24, 2.45) is 0 Å². The average molecular weight is 299 g/mol. The quantitative estimate of drug-likeness (QED) is 0.708. The summed E-state index contributed by atoms with van der Waals surface area (Å²) in [5.74, 6) is 1.58. The van der Waals surface area contributed by atoms with Crippen LogP contribution in [-0.4, -0.2) is 28.2 Å². The Kier molecular flexibility index (Phi) is 4.13. The summed E-state index contributed by atoms with van der Waals surface area (Å²) in [6, 6.07) is 12.1. The standard InChI is InChI=1S/C16H17N3OS/c1-11-10-13-15(17-8-5-9-20)18-14(19-16(13)21-11)12-6-3-2-4-7-12/h2-4,6-7,10,20H,5,8-9H2,1H3,(H,17,18,19). The molecule has 0 radical (unpaired) electrons. The van der Waals surface area contributed by atoms with Gasteiger partial charge in [-0.25, -0.2) is 9.97 Å². The molecule has 0 aliphatic heterocycles. The number of hydrogen-bond acceptors (Lipinski definition) is 5. The third kappa shape index (κ3) is 3.04. The van der Waals surface area contributed by atoms with Crippen molar-refractivity contribution in [3.63, 3.8) is 0 Å². The maximum atomic E-state index is 8.92. The Hall–Kier alpha value is -1.98. The van der Waals surface area contributed by atoms with Crippen molar-refractivity contribution >= 4 is 27.4 Å². The van der Waals surface area contributed by atoms with E-state index in [1.807, 2.05) is 30.3 Å². The van der Waals surface area contributed by atoms with E-state index in [-0.39, 0.29) is 6.61 Å². The van der Waals surface area contributed by atoms with Gasteiger partial charge in [0.05, 0.1) is 5.39 Å². The predicted molar refractivity (Wildman–Crippen MR) is 87.8 cm³/mol. The van der Waals surface area contributed by atoms with Gasteiger partial charge in [0.1, 0.15) is 10.6 Å². The summed E-state index contributed by atoms with van der Waals surface area (Å²) in [7, 11) is 0. The van der Waals surface area contributed by atoms with Crippen molar-refractivity contribution in [1.82, 2.24) is 9.97 Å². The Morgan fingerprint density at radius 2 is 2.00 bits per heavy atom. The third-order valence-corrected chi connectivity index (χ3v) is 4.12. The second-order valence-electron chi connectivity index (χ2n) is 4.84. The number of nitrogens with one attached hydrogen (secondary N) is 1. The fraction of sp³-hybridized carbons (Fsp3) is 0.250. The first-order chi connectivity index (χ1) is 10.3. The minimum atomic E-state index is 0.176. The highest BCUT2D eigenvalue weighted by molar-refractivity contribution is 7.18. The van der Waals surface area contributed by atoms with Gasteiger partial charge in [-0.2, -0.15) is 0 Å². The van der Waals surface area contributed by atoms with E-state index in [1.165, 1.54) is 4.88 Å². The molecule has 0 amide bonds. The van der Waals surface area contributed by atoms with Crippen LogP contribution in [-0.2, 0) is 0 Å². The van der Waals surface area contributed by atoms with E-state index in [0.29, 0.717) is 13.0 Å². The van der Waals surface area contributed by atoms with Crippen LogP contribution in [0.4, 0.5) is 5.82 Å². The number of aryl methyl sites for hydroxylation is 1. The number of thiophene rings is 1. The molecule has 2 aromatic heterocycles. The number of benzene rings is 1. The molecule has 2 heterocycles. The number of aliphatic hydroxyl groups excluding tert-OH is 1. The van der Waals surface area contributed by atoms with Crippen LogP contribution in [0.15, 0.2) is 36.4 Å². The van der Waals surface area contributed by atoms with Crippen molar-refractivity contribution in [2.75, 3.05) is 18.5 Å². The van der Waals surface area contributed by atoms with Crippen LogP contribution in [0, 0.1) is 6.92 Å². The van der Waals surface area contributed by atoms with Gasteiger partial charge in [-0.1, -0.05) is 30.3 Å². The molecule has 0 fully saturated rings. The molecule has 0 saturated carbocycles. The van der Waals surface area contributed by atoms with Gasteiger partial charge in [-0.3, -0.25) is 0 Å². The minimum absolute atomic E-state index is 0.176. The minimum Gasteiger partial charge on any atom is -0.396 e. The molecule has 0 spiro atoms. The lowest BCUT2D eigenvalue weighted by Gasteiger charge is -2.08. The van der Waals surface area contributed by atoms with Gasteiger partial charge in [-0.05, 0) is 19.4 Å². The van der Waals surface area contributed by atoms with E-state index >= 15 is 0 Å². The topological polar surface area (TPSA) is 58.0 Å². The van der Waals surface area contributed by atoms with Gasteiger partial charge < -0.3 is 10.4 Å². The molecule has 5 heteroatoms. The van der Waals surface area contributed by atoms with Gasteiger partial charge in [-0.15, -0.1) is 11.3 Å². The fourth-order valence-electron chi connectivity index (χ4n) is 2.18. The zero-order valence-corrected chi connectivity index (χ0v) is 12.7. The van der Waals surface area contributed by atoms with Crippen molar-refractivity contribution in [3.8, 4) is 11.4 Å². The SMILES string of the molecule is Cc1cc2c(NCCCO)nc(-c3ccccc3)nc2s1. The van der Waals surface area contributed by atoms with Crippen LogP contribution >= 0.6 is 11.3 Å². The van der Waals surface area contributed by atoms with Crippen LogP contribution in [0.25, 0.3) is 21.6 Å². The number of nitrogens with zero attached hydrogens (tertiary/aromatic N) is 2. The monoisotopic (exact) mass is 299 g/mol. The van der Waals surface area contributed by atoms with Crippen molar-refractivity contribution < 1.29 is 5.11 Å². The van der Waals surface area contributed by atoms with E-state index in [4.69, 9.17) is 5.11 Å². The van der Waals surface area contributed by atoms with Gasteiger partial charge in [0, 0.05) is 23.6 Å². The normalized spacial score (nSPS) is 11.0. The van der Waals surface area contributed by atoms with Gasteiger partial charge in [0.2, 0.25) is 0 Å². The lowest BCUT2D eigenvalue weighted by molar-refractivity contribution is 0.292. The van der Waals surface area contributed by atoms with Crippen molar-refractivity contribution in [2.45, 2.75) is 13.3 Å². The second kappa shape index (κ2) is 6.20. The van der Waals surface area contributed by atoms with Gasteiger partial charge in [0.15, 0.2) is 5.82 Å². The lowest BCUT2D eigenvalue weighted by Crippen LogP contribution is -2.06. The number of hydrogen-bond donors (Lipinski definition) is 2. The molecule has 3 aromatic rings. The Morgan fingerprint density at radius 3 is 2.76 bits per heavy atom. The first-order valence-corrected chi connectivity index (χ1v) is 7.78. The molecule has 3 rings (SSSR count). The van der Waals surface area contributed by atoms with Crippen LogP contribution in [0.3, 0.4) is 0 Å². The molecule has 0 bridgehead atoms. The average Bonchev–Trinajstić information content (AvgIpc) is 2.88. The second-order valence-corrected chi connectivity index (χ2v) is 6.08. The number of rotatable bonds is 5. The van der Waals surface area contributed by atoms with Crippen LogP contribution in [0.1, 0.15) is 11.3 Å². The molecular weight excluding hydrogens is 282 g/mol. The lowest BCUT2D eigenvalue weighted by atomic mass is 10.2. The molecule has 2 N–H and O–H groups in total. The third-order valence-electron chi connectivity index (χ3n) is 3.18. The molecule has 21 heavy (non-hydrogen) atoms. The molecule has 0 saturated heterocycles. The Bertz CT molecular complexity index is 740. The van der Waals surface area contributed by atoms with E-state index in [1.54, 1.807) is 11.3 Å². The largest absolute Gasteiger partial charge is 0.396 e. The van der Waals surface area contributed by atoms with E-state index in [0.717, 1.165) is 27.4 Å². The van der Waals surface area contributed by atoms with Crippen LogP contribution in [0.2, 0.25) is 0 Å². The molecule has 0 unspecified atom stereocenters. The van der Waals surface area contributed by atoms with Gasteiger partial charge >= 0.3 is 0 Å². The number of anilines is 1. The van der Waals surface area contributed by atoms with Crippen molar-refractivity contribution in [1.29, 1.82) is 0 Å². The summed E-state index contributed by atoms with van der Waals surface area (Å²) < 4.78 is 0. The summed E-state index contributed by atoms with van der Waals surface area (Å²) in [4.78, 5) is 11.5. The highest BCUT2D eigenvalue weighted by atomic mass is 32.1. The number of aromatic nitrogens is 2. The maximum Gasteiger partial charge on any atom is 0.163 e. The Labute approximate surface area is 127 Å². The molecule has 0 aliphatic carbocycles. The number of fused-ring (bicyclic) bond motifs is 1. The first-order valence-electron chi connectivity index (χ1n) is 6.96. The zero-order chi connectivity index (χ0) is 14.7. The smallest absolute Gasteiger partial charge is 0.163 e. The summed E-state index contributed by atoms with van der Waals surface area (Å²) in [6.07, 6.45) is 0.704. The Balaban J connectivity index is 2.06. The van der Waals surface area contributed by atoms with E-state index in [9.17, 15) is 0 Å². The summed E-state index contributed by atoms with van der Waals surface area (Å²) >= 11 is 1.67. The van der Waals surface area contributed by atoms with Crippen LogP contribution < -0.4 is 5.32 Å². The van der Waals surface area contributed by atoms with Crippen LogP contribution in [0.5, 0.6) is 0 Å². The van der Waals surface area contributed by atoms with Crippen molar-refractivity contribution in [3.05, 3.63) is 41.3 Å². The summed E-state index contributed by atoms with van der Waals surface area (Å²) in [6.45, 7) is 2.95. The summed E-state index contributed by atoms with van der Waals surface area (Å²) in [5.41, 5.74) is 1.01. The first kappa shape index (κ1) is 14.0. The summed E-state index contributed by atoms with van der Waals surface area (Å²) in [5, 5.41) is 13.3. The fourth-order valence-corrected chi connectivity index (χ4v) is 3.06. The molecule has 0 atom stereocenters. The van der Waals surface area contributed by atoms with E-state index in [2.05, 4.69) is 28.3 Å². The van der Waals surface area contributed by atoms with E-state index < -0.39 is 0 Å². The predicted octanol–water partition coefficient (Wildman–Crippen LogP) is 3.46. The maximum absolute atomic E-state index is 8.92. The zero-order valence-electron chi connectivity index (χ0n) is 11.8. The molecule has 1 aromatic carbocycles. The number of aliphatic hydroxyl groups is 1. The molecule has 108 valence electrons. The van der Waals surface area contributed by atoms with Gasteiger partial charge in [0.25, 0.3) is 0 Å². The molecular formula is C16H17N3OS. The Morgan fingerprint density at radius 1 is 1.19 bits per heavy atom. The molecule has 4 nitrogen and oxygen atoms in total. The molecule has 0 aliphatic rings. The highest BCUT2D eigenvalue weighted by Gasteiger charge is 2.11.